The first-order chi connectivity index (χ1) is 2.91. The summed E-state index contributed by atoms with van der Waals surface area (Å²) in [7, 11) is 0. The number of rotatable bonds is 3. The molecule has 6 heavy (non-hydrogen) atoms. The summed E-state index contributed by atoms with van der Waals surface area (Å²) in [5.41, 5.74) is 0. The molecule has 0 atom stereocenters. The van der Waals surface area contributed by atoms with Crippen LogP contribution in [0, 0.1) is 6.42 Å². The second kappa shape index (κ2) is 5.25. The van der Waals surface area contributed by atoms with Gasteiger partial charge in [-0.15, -0.1) is 0 Å². The molecule has 1 radical (unpaired) electrons. The fourth-order valence-electron chi connectivity index (χ4n) is 0.162. The van der Waals surface area contributed by atoms with E-state index in [-0.39, 0.29) is 0 Å². The van der Waals surface area contributed by atoms with E-state index in [0.717, 1.165) is 0 Å². The highest BCUT2D eigenvalue weighted by Crippen LogP contribution is 1.79. The van der Waals surface area contributed by atoms with Crippen LogP contribution in [0.5, 0.6) is 0 Å². The summed E-state index contributed by atoms with van der Waals surface area (Å²) >= 11 is 5.14. The lowest BCUT2D eigenvalue weighted by Gasteiger charge is -1.89. The molecule has 0 rings (SSSR count). The van der Waals surface area contributed by atoms with Crippen LogP contribution in [-0.2, 0) is 4.74 Å². The minimum absolute atomic E-state index is 0.296. The molecular formula is C4H8ClO. The van der Waals surface area contributed by atoms with Crippen LogP contribution < -0.4 is 0 Å². The van der Waals surface area contributed by atoms with Crippen LogP contribution in [-0.4, -0.2) is 12.7 Å². The average molecular weight is 108 g/mol. The molecule has 0 saturated heterocycles. The third kappa shape index (κ3) is 4.25. The highest BCUT2D eigenvalue weighted by atomic mass is 35.5. The van der Waals surface area contributed by atoms with Crippen molar-refractivity contribution in [1.29, 1.82) is 0 Å². The van der Waals surface area contributed by atoms with Crippen molar-refractivity contribution in [2.75, 3.05) is 12.7 Å². The topological polar surface area (TPSA) is 9.23 Å². The lowest BCUT2D eigenvalue weighted by molar-refractivity contribution is 0.203. The number of hydrogen-bond acceptors (Lipinski definition) is 1. The van der Waals surface area contributed by atoms with Gasteiger partial charge in [-0.05, 0) is 6.42 Å². The maximum Gasteiger partial charge on any atom is 0.120 e. The molecule has 0 aliphatic heterocycles. The third-order valence-corrected chi connectivity index (χ3v) is 0.516. The Bertz CT molecular complexity index is 19.5. The Morgan fingerprint density at radius 2 is 2.50 bits per heavy atom. The maximum absolute atomic E-state index is 5.14. The molecule has 0 amide bonds. The summed E-state index contributed by atoms with van der Waals surface area (Å²) in [5.74, 6) is 0. The van der Waals surface area contributed by atoms with E-state index in [2.05, 4.69) is 0 Å². The predicted octanol–water partition coefficient (Wildman–Crippen LogP) is 1.42. The minimum atomic E-state index is 0.296. The van der Waals surface area contributed by atoms with Crippen LogP contribution in [0.1, 0.15) is 6.92 Å². The van der Waals surface area contributed by atoms with Gasteiger partial charge in [0.2, 0.25) is 0 Å². The second-order valence-corrected chi connectivity index (χ2v) is 1.11. The fraction of sp³-hybridized carbons (Fsp3) is 0.750. The highest BCUT2D eigenvalue weighted by molar-refractivity contribution is 6.17. The summed E-state index contributed by atoms with van der Waals surface area (Å²) in [5, 5.41) is 0. The smallest absolute Gasteiger partial charge is 0.120 e. The average Bonchev–Trinajstić information content (AvgIpc) is 1.61. The summed E-state index contributed by atoms with van der Waals surface area (Å²) in [6.07, 6.45) is 1.91. The number of halogens is 1. The molecule has 0 N–H and O–H groups in total. The van der Waals surface area contributed by atoms with Gasteiger partial charge in [0.15, 0.2) is 0 Å². The molecular weight excluding hydrogens is 99.5 g/mol. The first-order valence-corrected chi connectivity index (χ1v) is 2.36. The van der Waals surface area contributed by atoms with Crippen LogP contribution >= 0.6 is 11.6 Å². The fourth-order valence-corrected chi connectivity index (χ4v) is 0.251. The SMILES string of the molecule is C[CH]COCCl. The lowest BCUT2D eigenvalue weighted by Crippen LogP contribution is -1.87. The molecule has 0 saturated carbocycles. The molecule has 0 aromatic rings. The van der Waals surface area contributed by atoms with Crippen LogP contribution in [0.3, 0.4) is 0 Å². The van der Waals surface area contributed by atoms with E-state index in [1.165, 1.54) is 0 Å². The molecule has 0 bridgehead atoms. The molecule has 0 unspecified atom stereocenters. The lowest BCUT2D eigenvalue weighted by atomic mass is 10.5. The molecule has 0 spiro atoms. The predicted molar refractivity (Wildman–Crippen MR) is 26.6 cm³/mol. The maximum atomic E-state index is 5.14. The molecule has 37 valence electrons. The van der Waals surface area contributed by atoms with Crippen molar-refractivity contribution in [3.8, 4) is 0 Å². The van der Waals surface area contributed by atoms with Gasteiger partial charge < -0.3 is 4.74 Å². The van der Waals surface area contributed by atoms with Gasteiger partial charge in [0.25, 0.3) is 0 Å². The van der Waals surface area contributed by atoms with Crippen molar-refractivity contribution < 1.29 is 4.74 Å². The first kappa shape index (κ1) is 6.25. The van der Waals surface area contributed by atoms with E-state index in [4.69, 9.17) is 16.3 Å². The van der Waals surface area contributed by atoms with Crippen molar-refractivity contribution in [2.24, 2.45) is 0 Å². The second-order valence-electron chi connectivity index (χ2n) is 0.888. The van der Waals surface area contributed by atoms with Gasteiger partial charge in [-0.3, -0.25) is 0 Å². The van der Waals surface area contributed by atoms with Gasteiger partial charge in [0.05, 0.1) is 6.61 Å². The molecule has 0 aliphatic carbocycles. The first-order valence-electron chi connectivity index (χ1n) is 1.83. The monoisotopic (exact) mass is 107 g/mol. The van der Waals surface area contributed by atoms with Crippen molar-refractivity contribution in [3.05, 3.63) is 6.42 Å². The zero-order chi connectivity index (χ0) is 4.83. The van der Waals surface area contributed by atoms with E-state index in [9.17, 15) is 0 Å². The number of ether oxygens (including phenoxy) is 1. The van der Waals surface area contributed by atoms with E-state index >= 15 is 0 Å². The van der Waals surface area contributed by atoms with Crippen LogP contribution in [0.25, 0.3) is 0 Å². The Labute approximate surface area is 43.3 Å². The van der Waals surface area contributed by atoms with Crippen molar-refractivity contribution in [2.45, 2.75) is 6.92 Å². The van der Waals surface area contributed by atoms with Gasteiger partial charge in [-0.2, -0.15) is 0 Å². The minimum Gasteiger partial charge on any atom is -0.365 e. The molecule has 0 fully saturated rings. The van der Waals surface area contributed by atoms with Gasteiger partial charge in [-0.1, -0.05) is 18.5 Å². The Hall–Kier alpha value is 0.250. The van der Waals surface area contributed by atoms with E-state index in [1.807, 2.05) is 13.3 Å². The largest absolute Gasteiger partial charge is 0.365 e. The number of alkyl halides is 1. The molecule has 1 nitrogen and oxygen atoms in total. The Balaban J connectivity index is 2.34. The molecule has 0 heterocycles. The molecule has 0 aromatic carbocycles. The third-order valence-electron chi connectivity index (χ3n) is 0.362. The van der Waals surface area contributed by atoms with Crippen molar-refractivity contribution in [1.82, 2.24) is 0 Å². The highest BCUT2D eigenvalue weighted by Gasteiger charge is 1.74. The van der Waals surface area contributed by atoms with Crippen LogP contribution in [0.2, 0.25) is 0 Å². The van der Waals surface area contributed by atoms with Crippen LogP contribution in [0.4, 0.5) is 0 Å². The van der Waals surface area contributed by atoms with Crippen molar-refractivity contribution in [3.63, 3.8) is 0 Å². The van der Waals surface area contributed by atoms with Crippen molar-refractivity contribution >= 4 is 11.6 Å². The number of hydrogen-bond donors (Lipinski definition) is 0. The summed E-state index contributed by atoms with van der Waals surface area (Å²) < 4.78 is 4.69. The van der Waals surface area contributed by atoms with E-state index in [1.54, 1.807) is 0 Å². The molecule has 0 aromatic heterocycles. The summed E-state index contributed by atoms with van der Waals surface area (Å²) in [4.78, 5) is 0. The zero-order valence-electron chi connectivity index (χ0n) is 3.78. The van der Waals surface area contributed by atoms with E-state index < -0.39 is 0 Å². The quantitative estimate of drug-likeness (QED) is 0.392. The normalized spacial score (nSPS) is 9.00. The van der Waals surface area contributed by atoms with Gasteiger partial charge >= 0.3 is 0 Å². The molecule has 0 aliphatic rings. The summed E-state index contributed by atoms with van der Waals surface area (Å²) in [6, 6.07) is 0.296. The Morgan fingerprint density at radius 3 is 2.67 bits per heavy atom. The molecule has 2 heteroatoms. The Morgan fingerprint density at radius 1 is 1.83 bits per heavy atom. The van der Waals surface area contributed by atoms with Gasteiger partial charge in [-0.25, -0.2) is 0 Å². The summed E-state index contributed by atoms with van der Waals surface area (Å²) in [6.45, 7) is 2.58. The van der Waals surface area contributed by atoms with E-state index in [0.29, 0.717) is 12.7 Å². The standard InChI is InChI=1S/C4H8ClO/c1-2-3-6-4-5/h2H,3-4H2,1H3. The Kier molecular flexibility index (Phi) is 5.47. The van der Waals surface area contributed by atoms with Crippen LogP contribution in [0.15, 0.2) is 0 Å². The van der Waals surface area contributed by atoms with Gasteiger partial charge in [0, 0.05) is 0 Å². The van der Waals surface area contributed by atoms with Gasteiger partial charge in [0.1, 0.15) is 6.07 Å². The zero-order valence-corrected chi connectivity index (χ0v) is 4.53.